The Balaban J connectivity index is 1.87. The molecule has 0 aromatic carbocycles. The van der Waals surface area contributed by atoms with Crippen LogP contribution in [0.1, 0.15) is 42.7 Å². The molecular weight excluding hydrogens is 380 g/mol. The van der Waals surface area contributed by atoms with Gasteiger partial charge in [-0.1, -0.05) is 19.9 Å². The Bertz CT molecular complexity index is 1140. The number of piperidine rings is 1. The van der Waals surface area contributed by atoms with Crippen LogP contribution >= 0.6 is 0 Å². The van der Waals surface area contributed by atoms with E-state index < -0.39 is 0 Å². The molecule has 4 rings (SSSR count). The quantitative estimate of drug-likeness (QED) is 0.606. The van der Waals surface area contributed by atoms with Gasteiger partial charge in [-0.2, -0.15) is 0 Å². The predicted octanol–water partition coefficient (Wildman–Crippen LogP) is 3.11. The summed E-state index contributed by atoms with van der Waals surface area (Å²) < 4.78 is 8.69. The Morgan fingerprint density at radius 1 is 1.23 bits per heavy atom. The Labute approximate surface area is 176 Å². The molecule has 1 fully saturated rings. The van der Waals surface area contributed by atoms with Gasteiger partial charge in [0.1, 0.15) is 17.0 Å². The van der Waals surface area contributed by atoms with E-state index in [0.717, 1.165) is 31.5 Å². The zero-order valence-corrected chi connectivity index (χ0v) is 18.2. The van der Waals surface area contributed by atoms with E-state index in [2.05, 4.69) is 13.8 Å². The molecule has 0 N–H and O–H groups in total. The molecule has 0 aliphatic carbocycles. The molecule has 0 radical (unpaired) electrons. The first-order valence-corrected chi connectivity index (χ1v) is 10.7. The second kappa shape index (κ2) is 8.22. The average Bonchev–Trinajstić information content (AvgIpc) is 3.07. The van der Waals surface area contributed by atoms with Crippen molar-refractivity contribution in [1.29, 1.82) is 0 Å². The predicted molar refractivity (Wildman–Crippen MR) is 117 cm³/mol. The second-order valence-electron chi connectivity index (χ2n) is 8.72. The van der Waals surface area contributed by atoms with Crippen molar-refractivity contribution in [3.05, 3.63) is 46.0 Å². The van der Waals surface area contributed by atoms with Gasteiger partial charge in [0.05, 0.1) is 5.39 Å². The maximum atomic E-state index is 13.5. The van der Waals surface area contributed by atoms with Crippen LogP contribution in [0.3, 0.4) is 0 Å². The number of likely N-dealkylation sites (tertiary alicyclic amines) is 1. The van der Waals surface area contributed by atoms with E-state index in [1.807, 2.05) is 28.5 Å². The Morgan fingerprint density at radius 3 is 2.67 bits per heavy atom. The smallest absolute Gasteiger partial charge is 0.270 e. The van der Waals surface area contributed by atoms with E-state index in [0.29, 0.717) is 47.4 Å². The van der Waals surface area contributed by atoms with E-state index in [-0.39, 0.29) is 11.5 Å². The zero-order chi connectivity index (χ0) is 21.4. The summed E-state index contributed by atoms with van der Waals surface area (Å²) >= 11 is 0. The van der Waals surface area contributed by atoms with Crippen LogP contribution in [0.15, 0.2) is 29.2 Å². The summed E-state index contributed by atoms with van der Waals surface area (Å²) in [4.78, 5) is 33.5. The van der Waals surface area contributed by atoms with Gasteiger partial charge in [0.15, 0.2) is 0 Å². The summed E-state index contributed by atoms with van der Waals surface area (Å²) in [6.07, 6.45) is 3.60. The van der Waals surface area contributed by atoms with Crippen LogP contribution in [0.4, 0.5) is 0 Å². The molecule has 0 bridgehead atoms. The Hall–Kier alpha value is -2.67. The normalized spacial score (nSPS) is 19.7. The molecule has 160 valence electrons. The summed E-state index contributed by atoms with van der Waals surface area (Å²) in [7, 11) is 1.66. The molecule has 7 heteroatoms. The zero-order valence-electron chi connectivity index (χ0n) is 18.2. The van der Waals surface area contributed by atoms with Crippen molar-refractivity contribution in [3.63, 3.8) is 0 Å². The van der Waals surface area contributed by atoms with Crippen LogP contribution in [0.25, 0.3) is 16.7 Å². The number of aromatic nitrogens is 3. The molecule has 0 saturated carbocycles. The van der Waals surface area contributed by atoms with Gasteiger partial charge in [-0.25, -0.2) is 4.98 Å². The standard InChI is InChI=1S/C23H30N4O3/c1-15-11-16(2)14-25(13-15)23(29)19-12-18-21(26(19)9-6-10-30-4)24-20-17(3)7-5-8-27(20)22(18)28/h5,7-8,12,15-16H,6,9-11,13-14H2,1-4H3. The van der Waals surface area contributed by atoms with Crippen LogP contribution < -0.4 is 5.56 Å². The number of hydrogen-bond donors (Lipinski definition) is 0. The van der Waals surface area contributed by atoms with E-state index in [1.165, 1.54) is 0 Å². The number of aryl methyl sites for hydroxylation is 2. The van der Waals surface area contributed by atoms with Crippen molar-refractivity contribution in [1.82, 2.24) is 18.9 Å². The highest BCUT2D eigenvalue weighted by atomic mass is 16.5. The number of carbonyl (C=O) groups is 1. The van der Waals surface area contributed by atoms with Gasteiger partial charge in [-0.3, -0.25) is 14.0 Å². The number of methoxy groups -OCH3 is 1. The molecule has 2 unspecified atom stereocenters. The van der Waals surface area contributed by atoms with Gasteiger partial charge >= 0.3 is 0 Å². The van der Waals surface area contributed by atoms with Crippen LogP contribution in [0.2, 0.25) is 0 Å². The van der Waals surface area contributed by atoms with Crippen LogP contribution in [0, 0.1) is 18.8 Å². The van der Waals surface area contributed by atoms with E-state index in [4.69, 9.17) is 9.72 Å². The lowest BCUT2D eigenvalue weighted by Crippen LogP contribution is -2.43. The second-order valence-corrected chi connectivity index (χ2v) is 8.72. The van der Waals surface area contributed by atoms with Gasteiger partial charge in [0.2, 0.25) is 0 Å². The minimum Gasteiger partial charge on any atom is -0.385 e. The third-order valence-corrected chi connectivity index (χ3v) is 6.00. The summed E-state index contributed by atoms with van der Waals surface area (Å²) in [6, 6.07) is 5.52. The molecule has 30 heavy (non-hydrogen) atoms. The fraction of sp³-hybridized carbons (Fsp3) is 0.522. The highest BCUT2D eigenvalue weighted by Crippen LogP contribution is 2.25. The third kappa shape index (κ3) is 3.62. The largest absolute Gasteiger partial charge is 0.385 e. The molecule has 1 saturated heterocycles. The number of amides is 1. The summed E-state index contributed by atoms with van der Waals surface area (Å²) in [5.41, 5.74) is 2.53. The minimum atomic E-state index is -0.140. The number of fused-ring (bicyclic) bond motifs is 2. The number of nitrogens with zero attached hydrogens (tertiary/aromatic N) is 4. The molecule has 1 aliphatic rings. The van der Waals surface area contributed by atoms with Gasteiger partial charge in [0.25, 0.3) is 11.5 Å². The average molecular weight is 411 g/mol. The van der Waals surface area contributed by atoms with Crippen LogP contribution in [-0.4, -0.2) is 51.6 Å². The molecule has 7 nitrogen and oxygen atoms in total. The molecule has 3 aromatic heterocycles. The molecule has 4 heterocycles. The van der Waals surface area contributed by atoms with Crippen molar-refractivity contribution < 1.29 is 9.53 Å². The van der Waals surface area contributed by atoms with Crippen LogP contribution in [0.5, 0.6) is 0 Å². The van der Waals surface area contributed by atoms with Gasteiger partial charge in [-0.05, 0) is 49.3 Å². The van der Waals surface area contributed by atoms with Crippen molar-refractivity contribution in [2.45, 2.75) is 40.2 Å². The van der Waals surface area contributed by atoms with Crippen molar-refractivity contribution >= 4 is 22.6 Å². The lowest BCUT2D eigenvalue weighted by molar-refractivity contribution is 0.0612. The first-order valence-electron chi connectivity index (χ1n) is 10.7. The number of rotatable bonds is 5. The van der Waals surface area contributed by atoms with Crippen molar-refractivity contribution in [2.75, 3.05) is 26.8 Å². The SMILES string of the molecule is COCCCn1c(C(=O)N2CC(C)CC(C)C2)cc2c(=O)n3cccc(C)c3nc21. The number of pyridine rings is 1. The summed E-state index contributed by atoms with van der Waals surface area (Å²) in [5, 5.41) is 0.483. The maximum absolute atomic E-state index is 13.5. The van der Waals surface area contributed by atoms with E-state index >= 15 is 0 Å². The molecular formula is C23H30N4O3. The van der Waals surface area contributed by atoms with E-state index in [1.54, 1.807) is 23.8 Å². The van der Waals surface area contributed by atoms with Gasteiger partial charge in [-0.15, -0.1) is 0 Å². The number of carbonyl (C=O) groups excluding carboxylic acids is 1. The molecule has 2 atom stereocenters. The number of ether oxygens (including phenoxy) is 1. The third-order valence-electron chi connectivity index (χ3n) is 6.00. The lowest BCUT2D eigenvalue weighted by atomic mass is 9.92. The van der Waals surface area contributed by atoms with Crippen molar-refractivity contribution in [3.8, 4) is 0 Å². The summed E-state index contributed by atoms with van der Waals surface area (Å²) in [6.45, 7) is 8.96. The fourth-order valence-electron chi connectivity index (χ4n) is 4.72. The molecule has 1 aliphatic heterocycles. The Morgan fingerprint density at radius 2 is 1.97 bits per heavy atom. The fourth-order valence-corrected chi connectivity index (χ4v) is 4.72. The molecule has 1 amide bonds. The maximum Gasteiger partial charge on any atom is 0.270 e. The van der Waals surface area contributed by atoms with E-state index in [9.17, 15) is 9.59 Å². The lowest BCUT2D eigenvalue weighted by Gasteiger charge is -2.35. The Kier molecular flexibility index (Phi) is 5.64. The van der Waals surface area contributed by atoms with Crippen LogP contribution in [-0.2, 0) is 11.3 Å². The highest BCUT2D eigenvalue weighted by molar-refractivity contribution is 5.98. The van der Waals surface area contributed by atoms with Gasteiger partial charge in [0, 0.05) is 39.5 Å². The minimum absolute atomic E-state index is 0.0194. The highest BCUT2D eigenvalue weighted by Gasteiger charge is 2.29. The monoisotopic (exact) mass is 410 g/mol. The molecule has 3 aromatic rings. The first kappa shape index (κ1) is 20.6. The first-order chi connectivity index (χ1) is 14.4. The molecule has 0 spiro atoms. The van der Waals surface area contributed by atoms with Crippen molar-refractivity contribution in [2.24, 2.45) is 11.8 Å². The summed E-state index contributed by atoms with van der Waals surface area (Å²) in [5.74, 6) is 0.921. The topological polar surface area (TPSA) is 68.8 Å². The van der Waals surface area contributed by atoms with Gasteiger partial charge < -0.3 is 14.2 Å². The number of hydrogen-bond acceptors (Lipinski definition) is 4.